The van der Waals surface area contributed by atoms with Gasteiger partial charge in [0.15, 0.2) is 0 Å². The minimum Gasteiger partial charge on any atom is -0.357 e. The van der Waals surface area contributed by atoms with Crippen molar-refractivity contribution in [1.29, 1.82) is 0 Å². The van der Waals surface area contributed by atoms with Crippen LogP contribution in [0.1, 0.15) is 36.8 Å². The second-order valence-corrected chi connectivity index (χ2v) is 9.37. The lowest BCUT2D eigenvalue weighted by molar-refractivity contribution is 0.400. The van der Waals surface area contributed by atoms with Crippen LogP contribution in [0.15, 0.2) is 47.5 Å². The quantitative estimate of drug-likeness (QED) is 0.859. The molecular weight excluding hydrogens is 358 g/mol. The maximum atomic E-state index is 12.7. The fraction of sp³-hybridized carbons (Fsp3) is 0.476. The molecule has 1 aliphatic carbocycles. The summed E-state index contributed by atoms with van der Waals surface area (Å²) < 4.78 is 28.3. The second-order valence-electron chi connectivity index (χ2n) is 7.61. The summed E-state index contributed by atoms with van der Waals surface area (Å²) >= 11 is 0. The first-order chi connectivity index (χ1) is 13.1. The Bertz CT molecular complexity index is 876. The number of sulfonamides is 1. The van der Waals surface area contributed by atoms with E-state index in [1.165, 1.54) is 17.5 Å². The van der Waals surface area contributed by atoms with E-state index in [0.29, 0.717) is 17.4 Å². The normalized spacial score (nSPS) is 18.3. The third-order valence-corrected chi connectivity index (χ3v) is 7.20. The molecule has 0 unspecified atom stereocenters. The number of piperidine rings is 1. The van der Waals surface area contributed by atoms with Crippen LogP contribution in [-0.4, -0.2) is 33.0 Å². The van der Waals surface area contributed by atoms with E-state index in [1.54, 1.807) is 6.07 Å². The van der Waals surface area contributed by atoms with Gasteiger partial charge in [-0.1, -0.05) is 12.1 Å². The van der Waals surface area contributed by atoms with Crippen molar-refractivity contribution in [3.8, 4) is 0 Å². The van der Waals surface area contributed by atoms with Crippen LogP contribution in [-0.2, 0) is 22.9 Å². The highest BCUT2D eigenvalue weighted by Gasteiger charge is 2.23. The predicted octanol–water partition coefficient (Wildman–Crippen LogP) is 3.16. The molecule has 0 saturated carbocycles. The molecular formula is C21H27N3O2S. The molecule has 0 atom stereocenters. The molecule has 0 bridgehead atoms. The van der Waals surface area contributed by atoms with Crippen LogP contribution >= 0.6 is 0 Å². The van der Waals surface area contributed by atoms with Gasteiger partial charge in [0.1, 0.15) is 5.82 Å². The lowest BCUT2D eigenvalue weighted by Crippen LogP contribution is -2.39. The van der Waals surface area contributed by atoms with Crippen LogP contribution in [0.5, 0.6) is 0 Å². The molecule has 0 amide bonds. The molecule has 2 heterocycles. The van der Waals surface area contributed by atoms with Gasteiger partial charge in [-0.05, 0) is 79.8 Å². The van der Waals surface area contributed by atoms with Gasteiger partial charge in [-0.2, -0.15) is 0 Å². The Morgan fingerprint density at radius 3 is 2.56 bits per heavy atom. The molecule has 5 nitrogen and oxygen atoms in total. The lowest BCUT2D eigenvalue weighted by Gasteiger charge is -2.32. The van der Waals surface area contributed by atoms with Crippen LogP contribution in [0.4, 0.5) is 5.82 Å². The zero-order chi connectivity index (χ0) is 18.7. The van der Waals surface area contributed by atoms with Crippen LogP contribution in [0, 0.1) is 5.92 Å². The Labute approximate surface area is 161 Å². The number of benzene rings is 1. The molecule has 6 heteroatoms. The van der Waals surface area contributed by atoms with Crippen molar-refractivity contribution >= 4 is 15.8 Å². The second kappa shape index (κ2) is 7.98. The van der Waals surface area contributed by atoms with Crippen molar-refractivity contribution in [3.63, 3.8) is 0 Å². The Morgan fingerprint density at radius 1 is 1.04 bits per heavy atom. The highest BCUT2D eigenvalue weighted by atomic mass is 32.2. The Morgan fingerprint density at radius 2 is 1.81 bits per heavy atom. The summed E-state index contributed by atoms with van der Waals surface area (Å²) in [6.45, 7) is 2.35. The number of hydrogen-bond donors (Lipinski definition) is 1. The van der Waals surface area contributed by atoms with Gasteiger partial charge in [-0.15, -0.1) is 0 Å². The fourth-order valence-electron chi connectivity index (χ4n) is 4.09. The standard InChI is InChI=1S/C21H27N3O2S/c25-27(26,20-9-8-18-5-1-2-6-19(18)15-20)23-16-17-10-13-24(14-11-17)21-7-3-4-12-22-21/h3-4,7-9,12,15,17,23H,1-2,5-6,10-11,13-14,16H2. The average Bonchev–Trinajstić information content (AvgIpc) is 2.73. The molecule has 1 aromatic carbocycles. The first-order valence-corrected chi connectivity index (χ1v) is 11.4. The van der Waals surface area contributed by atoms with Gasteiger partial charge < -0.3 is 4.90 Å². The summed E-state index contributed by atoms with van der Waals surface area (Å²) in [5, 5.41) is 0. The SMILES string of the molecule is O=S(=O)(NCC1CCN(c2ccccn2)CC1)c1ccc2c(c1)CCCC2. The highest BCUT2D eigenvalue weighted by molar-refractivity contribution is 7.89. The predicted molar refractivity (Wildman–Crippen MR) is 107 cm³/mol. The van der Waals surface area contributed by atoms with Crippen molar-refractivity contribution < 1.29 is 8.42 Å². The number of anilines is 1. The van der Waals surface area contributed by atoms with E-state index in [0.717, 1.165) is 51.0 Å². The number of aromatic nitrogens is 1. The summed E-state index contributed by atoms with van der Waals surface area (Å²) in [7, 11) is -3.43. The molecule has 1 aliphatic heterocycles. The van der Waals surface area contributed by atoms with Crippen molar-refractivity contribution in [3.05, 3.63) is 53.7 Å². The summed E-state index contributed by atoms with van der Waals surface area (Å²) in [5.41, 5.74) is 2.51. The van der Waals surface area contributed by atoms with Gasteiger partial charge >= 0.3 is 0 Å². The summed E-state index contributed by atoms with van der Waals surface area (Å²) in [5.74, 6) is 1.38. The van der Waals surface area contributed by atoms with Gasteiger partial charge in [-0.3, -0.25) is 0 Å². The largest absolute Gasteiger partial charge is 0.357 e. The van der Waals surface area contributed by atoms with Gasteiger partial charge in [0, 0.05) is 25.8 Å². The lowest BCUT2D eigenvalue weighted by atomic mass is 9.92. The third kappa shape index (κ3) is 4.33. The number of fused-ring (bicyclic) bond motifs is 1. The van der Waals surface area contributed by atoms with Crippen LogP contribution < -0.4 is 9.62 Å². The van der Waals surface area contributed by atoms with Crippen molar-refractivity contribution in [2.75, 3.05) is 24.5 Å². The molecule has 0 radical (unpaired) electrons. The Kier molecular flexibility index (Phi) is 5.45. The molecule has 1 aromatic heterocycles. The molecule has 4 rings (SSSR count). The zero-order valence-electron chi connectivity index (χ0n) is 15.6. The topological polar surface area (TPSA) is 62.3 Å². The van der Waals surface area contributed by atoms with Crippen molar-refractivity contribution in [1.82, 2.24) is 9.71 Å². The van der Waals surface area contributed by atoms with E-state index in [4.69, 9.17) is 0 Å². The minimum absolute atomic E-state index is 0.373. The summed E-state index contributed by atoms with van der Waals surface area (Å²) in [4.78, 5) is 7.09. The fourth-order valence-corrected chi connectivity index (χ4v) is 5.26. The van der Waals surface area contributed by atoms with Crippen LogP contribution in [0.3, 0.4) is 0 Å². The number of nitrogens with one attached hydrogen (secondary N) is 1. The molecule has 1 fully saturated rings. The molecule has 2 aromatic rings. The number of pyridine rings is 1. The van der Waals surface area contributed by atoms with Gasteiger partial charge in [-0.25, -0.2) is 18.1 Å². The van der Waals surface area contributed by atoms with E-state index >= 15 is 0 Å². The van der Waals surface area contributed by atoms with Gasteiger partial charge in [0.05, 0.1) is 4.90 Å². The van der Waals surface area contributed by atoms with Gasteiger partial charge in [0.2, 0.25) is 10.0 Å². The zero-order valence-corrected chi connectivity index (χ0v) is 16.4. The number of rotatable bonds is 5. The minimum atomic E-state index is -3.43. The maximum Gasteiger partial charge on any atom is 0.240 e. The summed E-state index contributed by atoms with van der Waals surface area (Å²) in [6.07, 6.45) is 8.18. The smallest absolute Gasteiger partial charge is 0.240 e. The first kappa shape index (κ1) is 18.4. The van der Waals surface area contributed by atoms with E-state index in [1.807, 2.05) is 36.5 Å². The van der Waals surface area contributed by atoms with Crippen LogP contribution in [0.25, 0.3) is 0 Å². The molecule has 0 spiro atoms. The summed E-state index contributed by atoms with van der Waals surface area (Å²) in [6, 6.07) is 11.6. The molecule has 2 aliphatic rings. The van der Waals surface area contributed by atoms with E-state index in [-0.39, 0.29) is 0 Å². The monoisotopic (exact) mass is 385 g/mol. The van der Waals surface area contributed by atoms with Crippen molar-refractivity contribution in [2.45, 2.75) is 43.4 Å². The van der Waals surface area contributed by atoms with E-state index in [9.17, 15) is 8.42 Å². The average molecular weight is 386 g/mol. The van der Waals surface area contributed by atoms with Gasteiger partial charge in [0.25, 0.3) is 0 Å². The number of nitrogens with zero attached hydrogens (tertiary/aromatic N) is 2. The maximum absolute atomic E-state index is 12.7. The van der Waals surface area contributed by atoms with E-state index < -0.39 is 10.0 Å². The van der Waals surface area contributed by atoms with Crippen LogP contribution in [0.2, 0.25) is 0 Å². The molecule has 1 N–H and O–H groups in total. The molecule has 144 valence electrons. The Balaban J connectivity index is 1.33. The Hall–Kier alpha value is -1.92. The molecule has 1 saturated heterocycles. The third-order valence-electron chi connectivity index (χ3n) is 5.78. The van der Waals surface area contributed by atoms with Crippen molar-refractivity contribution in [2.24, 2.45) is 5.92 Å². The highest BCUT2D eigenvalue weighted by Crippen LogP contribution is 2.25. The molecule has 27 heavy (non-hydrogen) atoms. The van der Waals surface area contributed by atoms with E-state index in [2.05, 4.69) is 14.6 Å². The number of aryl methyl sites for hydroxylation is 2. The number of hydrogen-bond acceptors (Lipinski definition) is 4. The first-order valence-electron chi connectivity index (χ1n) is 9.89.